The van der Waals surface area contributed by atoms with Gasteiger partial charge < -0.3 is 14.8 Å². The lowest BCUT2D eigenvalue weighted by Crippen LogP contribution is -1.94. The number of fused-ring (bicyclic) bond motifs is 1. The molecule has 0 bridgehead atoms. The van der Waals surface area contributed by atoms with Crippen molar-refractivity contribution < 1.29 is 14.8 Å². The van der Waals surface area contributed by atoms with Gasteiger partial charge in [-0.1, -0.05) is 30.3 Å². The highest BCUT2D eigenvalue weighted by Gasteiger charge is 2.19. The summed E-state index contributed by atoms with van der Waals surface area (Å²) in [6.45, 7) is 0. The van der Waals surface area contributed by atoms with Crippen molar-refractivity contribution in [2.45, 2.75) is 0 Å². The van der Waals surface area contributed by atoms with E-state index in [2.05, 4.69) is 15.0 Å². The number of nitrogens with zero attached hydrogens (tertiary/aromatic N) is 3. The second kappa shape index (κ2) is 7.43. The summed E-state index contributed by atoms with van der Waals surface area (Å²) >= 11 is 0. The Balaban J connectivity index is 1.66. The molecule has 0 atom stereocenters. The highest BCUT2D eigenvalue weighted by atomic mass is 16.6. The van der Waals surface area contributed by atoms with Gasteiger partial charge >= 0.3 is 5.69 Å². The molecule has 0 aliphatic heterocycles. The van der Waals surface area contributed by atoms with E-state index in [0.717, 1.165) is 22.4 Å². The van der Waals surface area contributed by atoms with Gasteiger partial charge in [-0.2, -0.15) is 0 Å². The smallest absolute Gasteiger partial charge is 0.315 e. The van der Waals surface area contributed by atoms with Crippen LogP contribution in [0.25, 0.3) is 22.4 Å². The summed E-state index contributed by atoms with van der Waals surface area (Å²) in [6, 6.07) is 18.0. The number of hydrogen-bond donors (Lipinski definition) is 2. The number of ether oxygens (including phenoxy) is 1. The van der Waals surface area contributed by atoms with E-state index in [4.69, 9.17) is 4.74 Å². The number of imidazole rings is 1. The molecule has 0 unspecified atom stereocenters. The van der Waals surface area contributed by atoms with Crippen molar-refractivity contribution in [3.8, 4) is 22.9 Å². The lowest BCUT2D eigenvalue weighted by atomic mass is 10.2. The minimum atomic E-state index is -0.670. The fraction of sp³-hybridized carbons (Fsp3) is 0.0476. The molecule has 2 N–H and O–H groups in total. The number of aliphatic imine (C=N–C) groups is 1. The van der Waals surface area contributed by atoms with Crippen LogP contribution in [0.1, 0.15) is 5.56 Å². The van der Waals surface area contributed by atoms with Gasteiger partial charge in [0.1, 0.15) is 5.82 Å². The van der Waals surface area contributed by atoms with Gasteiger partial charge in [-0.05, 0) is 24.3 Å². The van der Waals surface area contributed by atoms with E-state index < -0.39 is 16.4 Å². The van der Waals surface area contributed by atoms with Crippen LogP contribution in [0.5, 0.6) is 11.5 Å². The van der Waals surface area contributed by atoms with Crippen LogP contribution in [0.2, 0.25) is 0 Å². The number of aromatic amines is 1. The van der Waals surface area contributed by atoms with Gasteiger partial charge in [0.25, 0.3) is 0 Å². The average Bonchev–Trinajstić information content (AvgIpc) is 3.17. The van der Waals surface area contributed by atoms with Gasteiger partial charge in [-0.25, -0.2) is 4.98 Å². The highest BCUT2D eigenvalue weighted by molar-refractivity contribution is 5.87. The fourth-order valence-electron chi connectivity index (χ4n) is 2.94. The van der Waals surface area contributed by atoms with Crippen molar-refractivity contribution in [2.24, 2.45) is 4.99 Å². The van der Waals surface area contributed by atoms with Gasteiger partial charge in [0.15, 0.2) is 5.75 Å². The molecule has 29 heavy (non-hydrogen) atoms. The summed E-state index contributed by atoms with van der Waals surface area (Å²) in [7, 11) is 1.33. The van der Waals surface area contributed by atoms with E-state index in [1.807, 2.05) is 42.5 Å². The molecule has 0 saturated carbocycles. The van der Waals surface area contributed by atoms with Crippen molar-refractivity contribution in [2.75, 3.05) is 7.11 Å². The number of benzene rings is 3. The third-order valence-electron chi connectivity index (χ3n) is 4.37. The zero-order valence-corrected chi connectivity index (χ0v) is 15.4. The molecule has 144 valence electrons. The summed E-state index contributed by atoms with van der Waals surface area (Å²) in [5.74, 6) is 0.264. The van der Waals surface area contributed by atoms with Gasteiger partial charge in [0.2, 0.25) is 5.75 Å². The molecule has 0 aliphatic rings. The molecule has 0 amide bonds. The molecule has 0 saturated heterocycles. The van der Waals surface area contributed by atoms with Crippen LogP contribution < -0.4 is 4.74 Å². The van der Waals surface area contributed by atoms with Crippen LogP contribution in [0.3, 0.4) is 0 Å². The Morgan fingerprint density at radius 1 is 1.17 bits per heavy atom. The number of hydrogen-bond acceptors (Lipinski definition) is 6. The zero-order chi connectivity index (χ0) is 20.4. The Morgan fingerprint density at radius 2 is 1.97 bits per heavy atom. The Labute approximate surface area is 165 Å². The van der Waals surface area contributed by atoms with Crippen LogP contribution in [-0.4, -0.2) is 33.3 Å². The van der Waals surface area contributed by atoms with E-state index in [0.29, 0.717) is 11.3 Å². The van der Waals surface area contributed by atoms with Crippen molar-refractivity contribution in [1.29, 1.82) is 0 Å². The number of H-pyrrole nitrogens is 1. The molecule has 3 aromatic carbocycles. The molecule has 4 rings (SSSR count). The van der Waals surface area contributed by atoms with Crippen molar-refractivity contribution in [1.82, 2.24) is 9.97 Å². The monoisotopic (exact) mass is 388 g/mol. The van der Waals surface area contributed by atoms with Crippen LogP contribution >= 0.6 is 0 Å². The van der Waals surface area contributed by atoms with Crippen LogP contribution in [0, 0.1) is 10.1 Å². The maximum Gasteiger partial charge on any atom is 0.315 e. The van der Waals surface area contributed by atoms with Crippen molar-refractivity contribution in [3.63, 3.8) is 0 Å². The molecule has 8 nitrogen and oxygen atoms in total. The molecule has 4 aromatic rings. The number of phenolic OH excluding ortho intramolecular Hbond substituents is 1. The molecule has 0 fully saturated rings. The third-order valence-corrected chi connectivity index (χ3v) is 4.37. The average molecular weight is 388 g/mol. The predicted octanol–water partition coefficient (Wildman–Crippen LogP) is 4.60. The first kappa shape index (κ1) is 18.2. The van der Waals surface area contributed by atoms with Crippen molar-refractivity contribution in [3.05, 3.63) is 76.3 Å². The molecular formula is C21H16N4O4. The number of aromatic nitrogens is 2. The topological polar surface area (TPSA) is 114 Å². The Hall–Kier alpha value is -4.20. The minimum Gasteiger partial charge on any atom is -0.500 e. The number of nitro benzene ring substituents is 1. The number of nitro groups is 1. The van der Waals surface area contributed by atoms with E-state index in [9.17, 15) is 15.2 Å². The van der Waals surface area contributed by atoms with E-state index in [1.165, 1.54) is 25.5 Å². The Kier molecular flexibility index (Phi) is 4.66. The fourth-order valence-corrected chi connectivity index (χ4v) is 2.94. The first-order chi connectivity index (χ1) is 14.0. The first-order valence-electron chi connectivity index (χ1n) is 8.70. The third kappa shape index (κ3) is 3.63. The molecular weight excluding hydrogens is 372 g/mol. The first-order valence-corrected chi connectivity index (χ1v) is 8.70. The van der Waals surface area contributed by atoms with Gasteiger partial charge in [0, 0.05) is 23.4 Å². The van der Waals surface area contributed by atoms with Crippen molar-refractivity contribution >= 4 is 28.6 Å². The number of rotatable bonds is 5. The van der Waals surface area contributed by atoms with Gasteiger partial charge in [-0.3, -0.25) is 15.1 Å². The molecule has 1 aromatic heterocycles. The van der Waals surface area contributed by atoms with Crippen LogP contribution in [0.4, 0.5) is 11.4 Å². The van der Waals surface area contributed by atoms with E-state index >= 15 is 0 Å². The van der Waals surface area contributed by atoms with Gasteiger partial charge in [-0.15, -0.1) is 0 Å². The Morgan fingerprint density at radius 3 is 2.69 bits per heavy atom. The summed E-state index contributed by atoms with van der Waals surface area (Å²) in [4.78, 5) is 22.7. The molecule has 8 heteroatoms. The normalized spacial score (nSPS) is 11.2. The molecule has 0 radical (unpaired) electrons. The molecule has 0 spiro atoms. The predicted molar refractivity (Wildman–Crippen MR) is 110 cm³/mol. The number of phenols is 1. The maximum absolute atomic E-state index is 11.1. The number of aromatic hydroxyl groups is 1. The standard InChI is InChI=1S/C21H16N4O4/c1-29-19-10-13(9-18(20(19)26)25(27)28)12-22-15-7-8-16-17(11-15)24-21(23-16)14-5-3-2-4-6-14/h2-12,26H,1H3,(H,23,24). The van der Waals surface area contributed by atoms with E-state index in [-0.39, 0.29) is 5.75 Å². The van der Waals surface area contributed by atoms with E-state index in [1.54, 1.807) is 6.07 Å². The zero-order valence-electron chi connectivity index (χ0n) is 15.4. The quantitative estimate of drug-likeness (QED) is 0.295. The maximum atomic E-state index is 11.1. The summed E-state index contributed by atoms with van der Waals surface area (Å²) in [5.41, 5.74) is 3.26. The largest absolute Gasteiger partial charge is 0.500 e. The lowest BCUT2D eigenvalue weighted by Gasteiger charge is -2.05. The Bertz CT molecular complexity index is 1230. The summed E-state index contributed by atoms with van der Waals surface area (Å²) < 4.78 is 5.00. The van der Waals surface area contributed by atoms with Crippen LogP contribution in [-0.2, 0) is 0 Å². The number of methoxy groups -OCH3 is 1. The highest BCUT2D eigenvalue weighted by Crippen LogP contribution is 2.36. The second-order valence-corrected chi connectivity index (χ2v) is 6.26. The SMILES string of the molecule is COc1cc(C=Nc2ccc3nc(-c4ccccc4)[nH]c3c2)cc([N+](=O)[O-])c1O. The lowest BCUT2D eigenvalue weighted by molar-refractivity contribution is -0.386. The van der Waals surface area contributed by atoms with Crippen LogP contribution in [0.15, 0.2) is 65.7 Å². The van der Waals surface area contributed by atoms with Gasteiger partial charge in [0.05, 0.1) is 28.8 Å². The minimum absolute atomic E-state index is 0.0113. The number of nitrogens with one attached hydrogen (secondary N) is 1. The molecule has 1 heterocycles. The molecule has 0 aliphatic carbocycles. The second-order valence-electron chi connectivity index (χ2n) is 6.26. The summed E-state index contributed by atoms with van der Waals surface area (Å²) in [5, 5.41) is 21.0. The summed E-state index contributed by atoms with van der Waals surface area (Å²) in [6.07, 6.45) is 1.48.